The maximum absolute atomic E-state index is 14.2. The zero-order valence-corrected chi connectivity index (χ0v) is 14.4. The minimum atomic E-state index is -0.181. The molecule has 1 heterocycles. The molecule has 0 aromatic heterocycles. The number of nitrogens with one attached hydrogen (secondary N) is 2. The van der Waals surface area contributed by atoms with Crippen molar-refractivity contribution in [3.05, 3.63) is 29.6 Å². The van der Waals surface area contributed by atoms with Crippen molar-refractivity contribution < 1.29 is 9.13 Å². The molecule has 1 aliphatic rings. The van der Waals surface area contributed by atoms with Crippen LogP contribution in [0.1, 0.15) is 63.5 Å². The van der Waals surface area contributed by atoms with Crippen LogP contribution in [-0.4, -0.2) is 26.2 Å². The Morgan fingerprint density at radius 3 is 2.65 bits per heavy atom. The first kappa shape index (κ1) is 18.2. The molecule has 1 aromatic carbocycles. The van der Waals surface area contributed by atoms with E-state index in [1.807, 2.05) is 12.1 Å². The summed E-state index contributed by atoms with van der Waals surface area (Å²) >= 11 is 0. The summed E-state index contributed by atoms with van der Waals surface area (Å²) in [6.07, 6.45) is 8.88. The average molecular weight is 322 g/mol. The second-order valence-electron chi connectivity index (χ2n) is 6.35. The summed E-state index contributed by atoms with van der Waals surface area (Å²) in [5, 5.41) is 6.48. The summed E-state index contributed by atoms with van der Waals surface area (Å²) < 4.78 is 19.8. The molecular weight excluding hydrogens is 291 g/mol. The molecule has 1 fully saturated rings. The van der Waals surface area contributed by atoms with Gasteiger partial charge in [0.25, 0.3) is 0 Å². The van der Waals surface area contributed by atoms with Crippen molar-refractivity contribution in [2.75, 3.05) is 31.6 Å². The normalized spacial score (nSPS) is 18.1. The number of hydrogen-bond donors (Lipinski definition) is 2. The smallest absolute Gasteiger partial charge is 0.146 e. The van der Waals surface area contributed by atoms with E-state index in [2.05, 4.69) is 17.6 Å². The third-order valence-electron chi connectivity index (χ3n) is 4.39. The van der Waals surface area contributed by atoms with Crippen LogP contribution in [0.25, 0.3) is 0 Å². The monoisotopic (exact) mass is 322 g/mol. The van der Waals surface area contributed by atoms with Crippen molar-refractivity contribution >= 4 is 5.69 Å². The van der Waals surface area contributed by atoms with Crippen LogP contribution in [0.5, 0.6) is 0 Å². The average Bonchev–Trinajstić information content (AvgIpc) is 2.59. The largest absolute Gasteiger partial charge is 0.383 e. The number of halogens is 1. The van der Waals surface area contributed by atoms with Crippen molar-refractivity contribution in [1.29, 1.82) is 0 Å². The van der Waals surface area contributed by atoms with Gasteiger partial charge in [0.1, 0.15) is 5.82 Å². The first-order valence-electron chi connectivity index (χ1n) is 9.17. The lowest BCUT2D eigenvalue weighted by atomic mass is 10.1. The molecular formula is C19H31FN2O. The topological polar surface area (TPSA) is 33.3 Å². The molecule has 0 aliphatic carbocycles. The summed E-state index contributed by atoms with van der Waals surface area (Å²) in [7, 11) is 0. The van der Waals surface area contributed by atoms with Gasteiger partial charge < -0.3 is 15.4 Å². The molecule has 2 rings (SSSR count). The summed E-state index contributed by atoms with van der Waals surface area (Å²) in [6.45, 7) is 5.39. The molecule has 0 unspecified atom stereocenters. The van der Waals surface area contributed by atoms with Crippen LogP contribution in [0.3, 0.4) is 0 Å². The Hall–Kier alpha value is -1.13. The molecule has 1 saturated heterocycles. The summed E-state index contributed by atoms with van der Waals surface area (Å²) in [5.74, 6) is -0.181. The van der Waals surface area contributed by atoms with Crippen LogP contribution in [0, 0.1) is 5.82 Å². The maximum Gasteiger partial charge on any atom is 0.146 e. The third kappa shape index (κ3) is 6.48. The minimum Gasteiger partial charge on any atom is -0.383 e. The van der Waals surface area contributed by atoms with Crippen molar-refractivity contribution in [3.63, 3.8) is 0 Å². The van der Waals surface area contributed by atoms with Crippen molar-refractivity contribution in [1.82, 2.24) is 5.32 Å². The Labute approximate surface area is 140 Å². The summed E-state index contributed by atoms with van der Waals surface area (Å²) in [4.78, 5) is 0. The first-order chi connectivity index (χ1) is 11.3. The molecule has 0 amide bonds. The fourth-order valence-electron chi connectivity index (χ4n) is 2.96. The molecule has 0 spiro atoms. The Bertz CT molecular complexity index is 447. The van der Waals surface area contributed by atoms with Gasteiger partial charge in [-0.3, -0.25) is 0 Å². The van der Waals surface area contributed by atoms with E-state index in [0.29, 0.717) is 12.3 Å². The van der Waals surface area contributed by atoms with E-state index >= 15 is 0 Å². The fraction of sp³-hybridized carbons (Fsp3) is 0.684. The molecule has 1 atom stereocenters. The maximum atomic E-state index is 14.2. The number of ether oxygens (including phenoxy) is 1. The Kier molecular flexibility index (Phi) is 8.40. The van der Waals surface area contributed by atoms with E-state index in [0.717, 1.165) is 31.6 Å². The van der Waals surface area contributed by atoms with E-state index in [9.17, 15) is 4.39 Å². The van der Waals surface area contributed by atoms with Gasteiger partial charge in [-0.05, 0) is 24.1 Å². The number of rotatable bonds is 10. The van der Waals surface area contributed by atoms with Gasteiger partial charge in [0.15, 0.2) is 0 Å². The van der Waals surface area contributed by atoms with Crippen LogP contribution in [0.15, 0.2) is 18.2 Å². The number of benzene rings is 1. The zero-order chi connectivity index (χ0) is 16.3. The molecule has 0 saturated carbocycles. The highest BCUT2D eigenvalue weighted by Crippen LogP contribution is 2.23. The molecule has 1 aromatic rings. The van der Waals surface area contributed by atoms with Crippen LogP contribution in [-0.2, 0) is 4.74 Å². The van der Waals surface area contributed by atoms with Crippen LogP contribution in [0.4, 0.5) is 10.1 Å². The lowest BCUT2D eigenvalue weighted by Gasteiger charge is -2.24. The predicted octanol–water partition coefficient (Wildman–Crippen LogP) is 4.65. The molecule has 23 heavy (non-hydrogen) atoms. The molecule has 1 aliphatic heterocycles. The van der Waals surface area contributed by atoms with Crippen LogP contribution in [0.2, 0.25) is 0 Å². The summed E-state index contributed by atoms with van der Waals surface area (Å²) in [5.41, 5.74) is 1.51. The minimum absolute atomic E-state index is 0.0320. The first-order valence-corrected chi connectivity index (χ1v) is 9.17. The lowest BCUT2D eigenvalue weighted by molar-refractivity contribution is 0.0275. The predicted molar refractivity (Wildman–Crippen MR) is 94.4 cm³/mol. The molecule has 0 bridgehead atoms. The van der Waals surface area contributed by atoms with Gasteiger partial charge in [-0.2, -0.15) is 0 Å². The van der Waals surface area contributed by atoms with Gasteiger partial charge in [-0.25, -0.2) is 4.39 Å². The molecule has 3 nitrogen and oxygen atoms in total. The van der Waals surface area contributed by atoms with Crippen LogP contribution < -0.4 is 10.6 Å². The van der Waals surface area contributed by atoms with Gasteiger partial charge in [-0.15, -0.1) is 0 Å². The SMILES string of the molecule is CCCCCCCCCNc1ccc([C@@H]2CNCCO2)cc1F. The highest BCUT2D eigenvalue weighted by Gasteiger charge is 2.16. The number of anilines is 1. The Morgan fingerprint density at radius 1 is 1.17 bits per heavy atom. The second kappa shape index (κ2) is 10.6. The summed E-state index contributed by atoms with van der Waals surface area (Å²) in [6, 6.07) is 5.41. The van der Waals surface area contributed by atoms with Crippen molar-refractivity contribution in [3.8, 4) is 0 Å². The number of unbranched alkanes of at least 4 members (excludes halogenated alkanes) is 6. The van der Waals surface area contributed by atoms with Gasteiger partial charge >= 0.3 is 0 Å². The molecule has 4 heteroatoms. The van der Waals surface area contributed by atoms with E-state index in [-0.39, 0.29) is 11.9 Å². The van der Waals surface area contributed by atoms with Crippen molar-refractivity contribution in [2.45, 2.75) is 58.0 Å². The van der Waals surface area contributed by atoms with Gasteiger partial charge in [0.05, 0.1) is 18.4 Å². The van der Waals surface area contributed by atoms with E-state index < -0.39 is 0 Å². The quantitative estimate of drug-likeness (QED) is 0.615. The van der Waals surface area contributed by atoms with Crippen LogP contribution >= 0.6 is 0 Å². The highest BCUT2D eigenvalue weighted by atomic mass is 19.1. The highest BCUT2D eigenvalue weighted by molar-refractivity contribution is 5.46. The fourth-order valence-corrected chi connectivity index (χ4v) is 2.96. The van der Waals surface area contributed by atoms with E-state index in [4.69, 9.17) is 4.74 Å². The number of hydrogen-bond acceptors (Lipinski definition) is 3. The third-order valence-corrected chi connectivity index (χ3v) is 4.39. The Morgan fingerprint density at radius 2 is 1.96 bits per heavy atom. The van der Waals surface area contributed by atoms with E-state index in [1.54, 1.807) is 6.07 Å². The standard InChI is InChI=1S/C19H31FN2O/c1-2-3-4-5-6-7-8-11-22-18-10-9-16(14-17(18)20)19-15-21-12-13-23-19/h9-10,14,19,21-22H,2-8,11-13,15H2,1H3/t19-/m0/s1. The molecule has 2 N–H and O–H groups in total. The van der Waals surface area contributed by atoms with E-state index in [1.165, 1.54) is 38.5 Å². The van der Waals surface area contributed by atoms with Gasteiger partial charge in [0.2, 0.25) is 0 Å². The second-order valence-corrected chi connectivity index (χ2v) is 6.35. The number of morpholine rings is 1. The molecule has 0 radical (unpaired) electrons. The zero-order valence-electron chi connectivity index (χ0n) is 14.4. The van der Waals surface area contributed by atoms with Gasteiger partial charge in [0, 0.05) is 19.6 Å². The molecule has 130 valence electrons. The Balaban J connectivity index is 1.67. The van der Waals surface area contributed by atoms with Gasteiger partial charge in [-0.1, -0.05) is 51.5 Å². The van der Waals surface area contributed by atoms with Crippen molar-refractivity contribution in [2.24, 2.45) is 0 Å². The lowest BCUT2D eigenvalue weighted by Crippen LogP contribution is -2.33.